The van der Waals surface area contributed by atoms with Gasteiger partial charge in [-0.2, -0.15) is 0 Å². The van der Waals surface area contributed by atoms with Gasteiger partial charge in [0.15, 0.2) is 0 Å². The van der Waals surface area contributed by atoms with E-state index in [9.17, 15) is 0 Å². The van der Waals surface area contributed by atoms with Crippen molar-refractivity contribution in [2.24, 2.45) is 5.92 Å². The maximum absolute atomic E-state index is 2.68. The van der Waals surface area contributed by atoms with Gasteiger partial charge in [-0.25, -0.2) is 0 Å². The second-order valence-corrected chi connectivity index (χ2v) is 29.2. The van der Waals surface area contributed by atoms with Crippen LogP contribution in [0.3, 0.4) is 0 Å². The Morgan fingerprint density at radius 1 is 0.897 bits per heavy atom. The second-order valence-electron chi connectivity index (χ2n) is 10.5. The molecule has 3 rings (SSSR count). The Hall–Kier alpha value is -0.611. The number of fused-ring (bicyclic) bond motifs is 3. The van der Waals surface area contributed by atoms with Crippen LogP contribution in [0.2, 0.25) is 14.8 Å². The van der Waals surface area contributed by atoms with E-state index >= 15 is 0 Å². The summed E-state index contributed by atoms with van der Waals surface area (Å²) in [5.74, 6) is 0.765. The van der Waals surface area contributed by atoms with Gasteiger partial charge in [0.1, 0.15) is 0 Å². The van der Waals surface area contributed by atoms with E-state index in [-0.39, 0.29) is 0 Å². The summed E-state index contributed by atoms with van der Waals surface area (Å²) in [4.78, 5) is 9.10. The van der Waals surface area contributed by atoms with Crippen molar-refractivity contribution < 1.29 is 0 Å². The van der Waals surface area contributed by atoms with E-state index in [1.165, 1.54) is 52.4 Å². The van der Waals surface area contributed by atoms with Crippen LogP contribution in [0.15, 0.2) is 41.3 Å². The van der Waals surface area contributed by atoms with Crippen molar-refractivity contribution in [3.8, 4) is 0 Å². The van der Waals surface area contributed by atoms with E-state index in [1.807, 2.05) is 0 Å². The molecule has 1 heterocycles. The van der Waals surface area contributed by atoms with Crippen molar-refractivity contribution >= 4 is 53.8 Å². The number of unbranched alkanes of at least 4 members (excludes halogenated alkanes) is 1. The Morgan fingerprint density at radius 3 is 2.07 bits per heavy atom. The fraction of sp³-hybridized carbons (Fsp3) is 0.538. The number of rotatable bonds is 8. The third kappa shape index (κ3) is 5.01. The molecule has 0 aliphatic rings. The van der Waals surface area contributed by atoms with E-state index in [2.05, 4.69) is 88.4 Å². The van der Waals surface area contributed by atoms with Gasteiger partial charge in [-0.05, 0) is 0 Å². The molecule has 0 amide bonds. The number of nitrogens with zero attached hydrogens (tertiary/aromatic N) is 1. The molecule has 0 bridgehead atoms. The Morgan fingerprint density at radius 2 is 1.52 bits per heavy atom. The van der Waals surface area contributed by atoms with Crippen molar-refractivity contribution in [3.05, 3.63) is 36.4 Å². The quantitative estimate of drug-likeness (QED) is 0.271. The van der Waals surface area contributed by atoms with E-state index in [0.717, 1.165) is 12.5 Å². The first-order valence-corrected chi connectivity index (χ1v) is 24.2. The van der Waals surface area contributed by atoms with Gasteiger partial charge in [-0.3, -0.25) is 0 Å². The van der Waals surface area contributed by atoms with Crippen molar-refractivity contribution in [1.82, 2.24) is 4.57 Å². The van der Waals surface area contributed by atoms with Gasteiger partial charge in [-0.1, -0.05) is 0 Å². The summed E-state index contributed by atoms with van der Waals surface area (Å²) in [6.45, 7) is 5.84. The summed E-state index contributed by atoms with van der Waals surface area (Å²) >= 11 is -2.12. The van der Waals surface area contributed by atoms with Crippen LogP contribution in [-0.2, 0) is 6.54 Å². The van der Waals surface area contributed by atoms with Crippen molar-refractivity contribution in [1.29, 1.82) is 0 Å². The van der Waals surface area contributed by atoms with Gasteiger partial charge in [0.05, 0.1) is 0 Å². The molecular weight excluding hydrogens is 477 g/mol. The van der Waals surface area contributed by atoms with Crippen LogP contribution in [0.25, 0.3) is 21.8 Å². The van der Waals surface area contributed by atoms with Gasteiger partial charge in [0.2, 0.25) is 0 Å². The molecule has 0 saturated carbocycles. The Bertz CT molecular complexity index is 917. The molecule has 3 aromatic rings. The van der Waals surface area contributed by atoms with Gasteiger partial charge in [-0.15, -0.1) is 0 Å². The zero-order chi connectivity index (χ0) is 21.4. The van der Waals surface area contributed by atoms with Gasteiger partial charge >= 0.3 is 185 Å². The summed E-state index contributed by atoms with van der Waals surface area (Å²) in [5, 5.41) is 2.88. The molecule has 1 atom stereocenters. The normalized spacial score (nSPS) is 14.6. The standard InChI is InChI=1S/C23H32NS.3CH3.Sn/c1-6-8-11-18(7-2)17-24-22-13-10-9-12-20(22)21-15-14-19(16-23(21)24)25(3,4)5;;;;/h9,12-16,18H,6-8,11,17H2,1-5H3;3*1H3;. The van der Waals surface area contributed by atoms with E-state index in [4.69, 9.17) is 0 Å². The first-order chi connectivity index (χ1) is 13.6. The summed E-state index contributed by atoms with van der Waals surface area (Å²) in [7, 11) is -0.731. The molecule has 0 aliphatic heterocycles. The molecule has 3 heteroatoms. The molecule has 0 aliphatic carbocycles. The van der Waals surface area contributed by atoms with Crippen LogP contribution in [0.5, 0.6) is 0 Å². The minimum atomic E-state index is -2.12. The summed E-state index contributed by atoms with van der Waals surface area (Å²) in [6.07, 6.45) is 12.5. The molecule has 0 spiro atoms. The molecule has 1 aromatic heterocycles. The molecule has 160 valence electrons. The molecule has 2 aromatic carbocycles. The molecule has 1 unspecified atom stereocenters. The summed E-state index contributed by atoms with van der Waals surface area (Å²) in [5.41, 5.74) is 2.93. The van der Waals surface area contributed by atoms with Crippen molar-refractivity contribution in [3.63, 3.8) is 0 Å². The third-order valence-corrected chi connectivity index (χ3v) is 13.9. The van der Waals surface area contributed by atoms with Crippen LogP contribution in [-0.4, -0.2) is 41.7 Å². The van der Waals surface area contributed by atoms with Crippen LogP contribution >= 0.6 is 10.0 Å². The number of hydrogen-bond donors (Lipinski definition) is 0. The molecular formula is C26H41NSSn. The van der Waals surface area contributed by atoms with Crippen molar-refractivity contribution in [2.75, 3.05) is 18.8 Å². The van der Waals surface area contributed by atoms with Gasteiger partial charge < -0.3 is 0 Å². The zero-order valence-electron chi connectivity index (χ0n) is 19.9. The first kappa shape index (κ1) is 23.1. The minimum absolute atomic E-state index is 0.731. The molecule has 29 heavy (non-hydrogen) atoms. The topological polar surface area (TPSA) is 4.93 Å². The third-order valence-electron chi connectivity index (χ3n) is 6.40. The zero-order valence-corrected chi connectivity index (χ0v) is 23.6. The fourth-order valence-electron chi connectivity index (χ4n) is 4.29. The van der Waals surface area contributed by atoms with Crippen LogP contribution in [0, 0.1) is 5.92 Å². The molecule has 1 nitrogen and oxygen atoms in total. The van der Waals surface area contributed by atoms with Crippen LogP contribution in [0.4, 0.5) is 0 Å². The average molecular weight is 518 g/mol. The van der Waals surface area contributed by atoms with Gasteiger partial charge in [0, 0.05) is 0 Å². The SMILES string of the molecule is CCCCC(CC)Cn1c2cc(S(C)(C)C)ccc2c2cc[c]([Sn]([CH3])([CH3])[CH3])cc21. The first-order valence-electron chi connectivity index (χ1n) is 11.3. The summed E-state index contributed by atoms with van der Waals surface area (Å²) < 4.78 is 4.32. The predicted octanol–water partition coefficient (Wildman–Crippen LogP) is 7.61. The molecule has 0 N–H and O–H groups in total. The monoisotopic (exact) mass is 519 g/mol. The van der Waals surface area contributed by atoms with E-state index < -0.39 is 28.4 Å². The molecule has 0 fully saturated rings. The van der Waals surface area contributed by atoms with Crippen LogP contribution in [0.1, 0.15) is 39.5 Å². The number of hydrogen-bond acceptors (Lipinski definition) is 0. The van der Waals surface area contributed by atoms with E-state index in [0.29, 0.717) is 0 Å². The van der Waals surface area contributed by atoms with Crippen molar-refractivity contribution in [2.45, 2.75) is 65.8 Å². The van der Waals surface area contributed by atoms with E-state index in [1.54, 1.807) is 3.58 Å². The predicted molar refractivity (Wildman–Crippen MR) is 139 cm³/mol. The van der Waals surface area contributed by atoms with Gasteiger partial charge in [0.25, 0.3) is 0 Å². The summed E-state index contributed by atoms with van der Waals surface area (Å²) in [6, 6.07) is 14.7. The Kier molecular flexibility index (Phi) is 7.05. The molecule has 0 radical (unpaired) electrons. The molecule has 0 saturated heterocycles. The average Bonchev–Trinajstić information content (AvgIpc) is 2.96. The Labute approximate surface area is 184 Å². The Balaban J connectivity index is 2.25. The second kappa shape index (κ2) is 8.86. The maximum atomic E-state index is 2.68. The van der Waals surface area contributed by atoms with Crippen LogP contribution < -0.4 is 3.58 Å². The fourth-order valence-corrected chi connectivity index (χ4v) is 8.53. The number of aromatic nitrogens is 1. The number of benzene rings is 2.